The van der Waals surface area contributed by atoms with Gasteiger partial charge in [0, 0.05) is 18.0 Å². The number of rotatable bonds is 1. The SMILES string of the molecule is N#Cc1nccnc1-c1ccccc1. The molecule has 1 aromatic heterocycles. The van der Waals surface area contributed by atoms with Crippen molar-refractivity contribution in [2.75, 3.05) is 0 Å². The summed E-state index contributed by atoms with van der Waals surface area (Å²) in [6.07, 6.45) is 3.11. The van der Waals surface area contributed by atoms with E-state index in [-0.39, 0.29) is 0 Å². The van der Waals surface area contributed by atoms with Crippen molar-refractivity contribution in [2.24, 2.45) is 0 Å². The van der Waals surface area contributed by atoms with Gasteiger partial charge in [-0.2, -0.15) is 5.26 Å². The van der Waals surface area contributed by atoms with Crippen LogP contribution in [0, 0.1) is 11.3 Å². The van der Waals surface area contributed by atoms with Crippen LogP contribution in [-0.4, -0.2) is 9.97 Å². The molecule has 2 aromatic rings. The lowest BCUT2D eigenvalue weighted by molar-refractivity contribution is 1.17. The van der Waals surface area contributed by atoms with E-state index in [2.05, 4.69) is 9.97 Å². The number of benzene rings is 1. The first kappa shape index (κ1) is 8.39. The first-order valence-electron chi connectivity index (χ1n) is 4.18. The highest BCUT2D eigenvalue weighted by molar-refractivity contribution is 5.63. The van der Waals surface area contributed by atoms with E-state index >= 15 is 0 Å². The fourth-order valence-corrected chi connectivity index (χ4v) is 1.23. The molecule has 0 aliphatic carbocycles. The third-order valence-electron chi connectivity index (χ3n) is 1.85. The van der Waals surface area contributed by atoms with E-state index in [0.717, 1.165) is 5.56 Å². The van der Waals surface area contributed by atoms with Gasteiger partial charge >= 0.3 is 0 Å². The van der Waals surface area contributed by atoms with Crippen LogP contribution in [0.2, 0.25) is 0 Å². The summed E-state index contributed by atoms with van der Waals surface area (Å²) in [5.41, 5.74) is 1.91. The second-order valence-corrected chi connectivity index (χ2v) is 2.73. The molecule has 3 nitrogen and oxygen atoms in total. The lowest BCUT2D eigenvalue weighted by Gasteiger charge is -2.00. The number of hydrogen-bond donors (Lipinski definition) is 0. The molecule has 14 heavy (non-hydrogen) atoms. The molecule has 0 aliphatic heterocycles. The van der Waals surface area contributed by atoms with Gasteiger partial charge in [-0.1, -0.05) is 30.3 Å². The predicted molar refractivity (Wildman–Crippen MR) is 52.2 cm³/mol. The number of aromatic nitrogens is 2. The Morgan fingerprint density at radius 2 is 1.71 bits per heavy atom. The monoisotopic (exact) mass is 181 g/mol. The van der Waals surface area contributed by atoms with Gasteiger partial charge in [0.15, 0.2) is 5.69 Å². The molecule has 0 aliphatic rings. The van der Waals surface area contributed by atoms with E-state index in [9.17, 15) is 0 Å². The van der Waals surface area contributed by atoms with Crippen LogP contribution in [0.4, 0.5) is 0 Å². The van der Waals surface area contributed by atoms with Gasteiger partial charge in [-0.15, -0.1) is 0 Å². The molecule has 1 heterocycles. The molecule has 0 radical (unpaired) electrons. The van der Waals surface area contributed by atoms with Crippen LogP contribution in [0.5, 0.6) is 0 Å². The van der Waals surface area contributed by atoms with E-state index in [4.69, 9.17) is 5.26 Å². The average Bonchev–Trinajstić information content (AvgIpc) is 2.30. The van der Waals surface area contributed by atoms with Crippen molar-refractivity contribution in [3.8, 4) is 17.3 Å². The molecule has 3 heteroatoms. The van der Waals surface area contributed by atoms with Crippen LogP contribution in [0.25, 0.3) is 11.3 Å². The fraction of sp³-hybridized carbons (Fsp3) is 0. The van der Waals surface area contributed by atoms with Crippen molar-refractivity contribution in [1.29, 1.82) is 5.26 Å². The molecule has 0 amide bonds. The topological polar surface area (TPSA) is 49.6 Å². The Hall–Kier alpha value is -2.21. The summed E-state index contributed by atoms with van der Waals surface area (Å²) in [4.78, 5) is 8.08. The maximum atomic E-state index is 8.83. The fourth-order valence-electron chi connectivity index (χ4n) is 1.23. The maximum Gasteiger partial charge on any atom is 0.166 e. The van der Waals surface area contributed by atoms with E-state index < -0.39 is 0 Å². The quantitative estimate of drug-likeness (QED) is 0.676. The lowest BCUT2D eigenvalue weighted by Crippen LogP contribution is -1.91. The molecular weight excluding hydrogens is 174 g/mol. The second kappa shape index (κ2) is 3.67. The summed E-state index contributed by atoms with van der Waals surface area (Å²) < 4.78 is 0. The van der Waals surface area contributed by atoms with Gasteiger partial charge in [0.05, 0.1) is 0 Å². The Morgan fingerprint density at radius 1 is 1.00 bits per heavy atom. The average molecular weight is 181 g/mol. The van der Waals surface area contributed by atoms with Crippen LogP contribution < -0.4 is 0 Å². The molecule has 0 spiro atoms. The van der Waals surface area contributed by atoms with Crippen molar-refractivity contribution in [3.05, 3.63) is 48.4 Å². The summed E-state index contributed by atoms with van der Waals surface area (Å²) in [7, 11) is 0. The van der Waals surface area contributed by atoms with Crippen LogP contribution in [0.1, 0.15) is 5.69 Å². The smallest absolute Gasteiger partial charge is 0.166 e. The summed E-state index contributed by atoms with van der Waals surface area (Å²) in [5.74, 6) is 0. The van der Waals surface area contributed by atoms with E-state index in [1.165, 1.54) is 6.20 Å². The molecule has 0 N–H and O–H groups in total. The second-order valence-electron chi connectivity index (χ2n) is 2.73. The predicted octanol–water partition coefficient (Wildman–Crippen LogP) is 2.02. The van der Waals surface area contributed by atoms with Crippen molar-refractivity contribution in [1.82, 2.24) is 9.97 Å². The van der Waals surface area contributed by atoms with Gasteiger partial charge in [-0.3, -0.25) is 4.98 Å². The highest BCUT2D eigenvalue weighted by atomic mass is 14.8. The van der Waals surface area contributed by atoms with E-state index in [0.29, 0.717) is 11.4 Å². The van der Waals surface area contributed by atoms with Gasteiger partial charge in [-0.25, -0.2) is 4.98 Å². The molecule has 0 fully saturated rings. The Balaban J connectivity index is 2.58. The minimum atomic E-state index is 0.360. The number of nitriles is 1. The van der Waals surface area contributed by atoms with Crippen LogP contribution >= 0.6 is 0 Å². The minimum absolute atomic E-state index is 0.360. The molecule has 1 aromatic carbocycles. The van der Waals surface area contributed by atoms with Crippen LogP contribution in [0.15, 0.2) is 42.7 Å². The van der Waals surface area contributed by atoms with E-state index in [1.807, 2.05) is 36.4 Å². The van der Waals surface area contributed by atoms with Gasteiger partial charge in [-0.05, 0) is 0 Å². The lowest BCUT2D eigenvalue weighted by atomic mass is 10.1. The zero-order chi connectivity index (χ0) is 9.80. The van der Waals surface area contributed by atoms with Crippen LogP contribution in [0.3, 0.4) is 0 Å². The third-order valence-corrected chi connectivity index (χ3v) is 1.85. The summed E-state index contributed by atoms with van der Waals surface area (Å²) in [6, 6.07) is 11.6. The Morgan fingerprint density at radius 3 is 2.43 bits per heavy atom. The van der Waals surface area contributed by atoms with Crippen molar-refractivity contribution < 1.29 is 0 Å². The maximum absolute atomic E-state index is 8.83. The summed E-state index contributed by atoms with van der Waals surface area (Å²) >= 11 is 0. The van der Waals surface area contributed by atoms with E-state index in [1.54, 1.807) is 6.20 Å². The molecule has 0 unspecified atom stereocenters. The Labute approximate surface area is 81.7 Å². The van der Waals surface area contributed by atoms with Crippen molar-refractivity contribution >= 4 is 0 Å². The normalized spacial score (nSPS) is 9.36. The minimum Gasteiger partial charge on any atom is -0.252 e. The number of nitrogens with zero attached hydrogens (tertiary/aromatic N) is 3. The van der Waals surface area contributed by atoms with Gasteiger partial charge < -0.3 is 0 Å². The Bertz CT molecular complexity index is 471. The van der Waals surface area contributed by atoms with Crippen molar-refractivity contribution in [2.45, 2.75) is 0 Å². The molecule has 0 saturated carbocycles. The largest absolute Gasteiger partial charge is 0.252 e. The molecule has 0 atom stereocenters. The zero-order valence-electron chi connectivity index (χ0n) is 7.38. The Kier molecular flexibility index (Phi) is 2.20. The molecule has 66 valence electrons. The standard InChI is InChI=1S/C11H7N3/c12-8-10-11(14-7-6-13-10)9-4-2-1-3-5-9/h1-7H. The molecular formula is C11H7N3. The zero-order valence-corrected chi connectivity index (χ0v) is 7.38. The van der Waals surface area contributed by atoms with Gasteiger partial charge in [0.2, 0.25) is 0 Å². The number of hydrogen-bond acceptors (Lipinski definition) is 3. The highest BCUT2D eigenvalue weighted by Gasteiger charge is 2.05. The highest BCUT2D eigenvalue weighted by Crippen LogP contribution is 2.17. The molecule has 0 bridgehead atoms. The first-order chi connectivity index (χ1) is 6.92. The summed E-state index contributed by atoms with van der Waals surface area (Å²) in [5, 5.41) is 8.83. The van der Waals surface area contributed by atoms with Gasteiger partial charge in [0.25, 0.3) is 0 Å². The van der Waals surface area contributed by atoms with Crippen molar-refractivity contribution in [3.63, 3.8) is 0 Å². The molecule has 0 saturated heterocycles. The first-order valence-corrected chi connectivity index (χ1v) is 4.18. The molecule has 2 rings (SSSR count). The summed E-state index contributed by atoms with van der Waals surface area (Å²) in [6.45, 7) is 0. The van der Waals surface area contributed by atoms with Crippen LogP contribution in [-0.2, 0) is 0 Å². The van der Waals surface area contributed by atoms with Gasteiger partial charge in [0.1, 0.15) is 11.8 Å². The third kappa shape index (κ3) is 1.46.